The summed E-state index contributed by atoms with van der Waals surface area (Å²) in [7, 11) is 0. The first-order valence-corrected chi connectivity index (χ1v) is 4.19. The van der Waals surface area contributed by atoms with Crippen molar-refractivity contribution in [2.75, 3.05) is 0 Å². The van der Waals surface area contributed by atoms with Gasteiger partial charge in [0.2, 0.25) is 5.95 Å². The molecule has 1 fully saturated rings. The number of halogens is 3. The zero-order valence-corrected chi connectivity index (χ0v) is 9.21. The van der Waals surface area contributed by atoms with Gasteiger partial charge < -0.3 is 5.32 Å². The van der Waals surface area contributed by atoms with E-state index in [0.717, 1.165) is 5.69 Å². The summed E-state index contributed by atoms with van der Waals surface area (Å²) in [5.41, 5.74) is 0.780. The van der Waals surface area contributed by atoms with E-state index in [2.05, 4.69) is 10.3 Å². The monoisotopic (exact) mass is 238 g/mol. The van der Waals surface area contributed by atoms with E-state index in [-0.39, 0.29) is 24.8 Å². The number of nitrogens with zero attached hydrogens (tertiary/aromatic N) is 1. The highest BCUT2D eigenvalue weighted by Crippen LogP contribution is 2.18. The Morgan fingerprint density at radius 1 is 1.36 bits per heavy atom. The Balaban J connectivity index is 0.000000845. The van der Waals surface area contributed by atoms with E-state index in [9.17, 15) is 4.39 Å². The summed E-state index contributed by atoms with van der Waals surface area (Å²) in [4.78, 5) is 3.74. The third kappa shape index (κ3) is 4.22. The molecule has 80 valence electrons. The first-order valence-electron chi connectivity index (χ1n) is 4.19. The number of rotatable bonds is 3. The zero-order chi connectivity index (χ0) is 8.39. The number of pyridine rings is 1. The van der Waals surface area contributed by atoms with Gasteiger partial charge in [-0.05, 0) is 25.0 Å². The number of hydrogen-bond acceptors (Lipinski definition) is 2. The molecule has 0 aromatic carbocycles. The molecule has 0 amide bonds. The molecule has 0 spiro atoms. The Labute approximate surface area is 95.1 Å². The van der Waals surface area contributed by atoms with Gasteiger partial charge >= 0.3 is 0 Å². The summed E-state index contributed by atoms with van der Waals surface area (Å²) >= 11 is 0. The molecule has 0 bridgehead atoms. The van der Waals surface area contributed by atoms with Crippen LogP contribution in [0.4, 0.5) is 4.39 Å². The minimum absolute atomic E-state index is 0. The third-order valence-corrected chi connectivity index (χ3v) is 1.92. The van der Waals surface area contributed by atoms with Gasteiger partial charge in [-0.25, -0.2) is 4.98 Å². The minimum atomic E-state index is -0.398. The van der Waals surface area contributed by atoms with Crippen LogP contribution < -0.4 is 5.32 Å². The molecule has 2 nitrogen and oxygen atoms in total. The van der Waals surface area contributed by atoms with Gasteiger partial charge in [-0.15, -0.1) is 24.8 Å². The molecule has 5 heteroatoms. The maximum Gasteiger partial charge on any atom is 0.213 e. The van der Waals surface area contributed by atoms with E-state index in [0.29, 0.717) is 12.6 Å². The molecule has 0 atom stereocenters. The molecule has 0 aliphatic heterocycles. The average molecular weight is 239 g/mol. The summed E-state index contributed by atoms with van der Waals surface area (Å²) < 4.78 is 12.6. The van der Waals surface area contributed by atoms with Crippen LogP contribution in [0, 0.1) is 5.95 Å². The second-order valence-electron chi connectivity index (χ2n) is 3.11. The molecule has 1 heterocycles. The van der Waals surface area contributed by atoms with Gasteiger partial charge in [0.05, 0.1) is 5.69 Å². The smallest absolute Gasteiger partial charge is 0.213 e. The van der Waals surface area contributed by atoms with Crippen molar-refractivity contribution in [1.82, 2.24) is 10.3 Å². The summed E-state index contributed by atoms with van der Waals surface area (Å²) in [5.74, 6) is -0.398. The van der Waals surface area contributed by atoms with Gasteiger partial charge in [0, 0.05) is 12.6 Å². The van der Waals surface area contributed by atoms with Gasteiger partial charge in [0.25, 0.3) is 0 Å². The molecule has 2 rings (SSSR count). The predicted octanol–water partition coefficient (Wildman–Crippen LogP) is 2.32. The van der Waals surface area contributed by atoms with Crippen molar-refractivity contribution in [2.45, 2.75) is 25.4 Å². The second-order valence-corrected chi connectivity index (χ2v) is 3.11. The van der Waals surface area contributed by atoms with Crippen molar-refractivity contribution >= 4 is 24.8 Å². The van der Waals surface area contributed by atoms with E-state index in [1.165, 1.54) is 18.9 Å². The van der Waals surface area contributed by atoms with Gasteiger partial charge in [-0.1, -0.05) is 6.07 Å². The fraction of sp³-hybridized carbons (Fsp3) is 0.444. The van der Waals surface area contributed by atoms with Crippen LogP contribution in [0.1, 0.15) is 18.5 Å². The van der Waals surface area contributed by atoms with Crippen LogP contribution in [0.3, 0.4) is 0 Å². The Kier molecular flexibility index (Phi) is 6.00. The minimum Gasteiger partial charge on any atom is -0.308 e. The van der Waals surface area contributed by atoms with Crippen molar-refractivity contribution in [3.05, 3.63) is 29.8 Å². The van der Waals surface area contributed by atoms with Crippen LogP contribution in [-0.2, 0) is 6.54 Å². The Morgan fingerprint density at radius 3 is 2.64 bits per heavy atom. The van der Waals surface area contributed by atoms with Gasteiger partial charge in [-0.2, -0.15) is 4.39 Å². The highest BCUT2D eigenvalue weighted by atomic mass is 35.5. The summed E-state index contributed by atoms with van der Waals surface area (Å²) in [5, 5.41) is 3.27. The topological polar surface area (TPSA) is 24.9 Å². The van der Waals surface area contributed by atoms with Crippen molar-refractivity contribution in [1.29, 1.82) is 0 Å². The zero-order valence-electron chi connectivity index (χ0n) is 7.57. The molecule has 1 aliphatic rings. The predicted molar refractivity (Wildman–Crippen MR) is 58.6 cm³/mol. The first-order chi connectivity index (χ1) is 5.84. The molecule has 14 heavy (non-hydrogen) atoms. The molecule has 0 unspecified atom stereocenters. The van der Waals surface area contributed by atoms with Crippen LogP contribution in [0.15, 0.2) is 18.2 Å². The molecular weight excluding hydrogens is 226 g/mol. The molecule has 1 saturated carbocycles. The molecule has 1 aliphatic carbocycles. The SMILES string of the molecule is Cl.Cl.Fc1cccc(CNC2CC2)n1. The van der Waals surface area contributed by atoms with E-state index >= 15 is 0 Å². The lowest BCUT2D eigenvalue weighted by molar-refractivity contribution is 0.567. The third-order valence-electron chi connectivity index (χ3n) is 1.92. The molecular formula is C9H13Cl2FN2. The largest absolute Gasteiger partial charge is 0.308 e. The lowest BCUT2D eigenvalue weighted by Gasteiger charge is -2.00. The fourth-order valence-electron chi connectivity index (χ4n) is 1.09. The van der Waals surface area contributed by atoms with Crippen LogP contribution in [-0.4, -0.2) is 11.0 Å². The maximum atomic E-state index is 12.6. The highest BCUT2D eigenvalue weighted by molar-refractivity contribution is 5.85. The van der Waals surface area contributed by atoms with Gasteiger partial charge in [0.15, 0.2) is 0 Å². The van der Waals surface area contributed by atoms with E-state index < -0.39 is 5.95 Å². The van der Waals surface area contributed by atoms with E-state index in [1.807, 2.05) is 6.07 Å². The number of aromatic nitrogens is 1. The lowest BCUT2D eigenvalue weighted by atomic mass is 10.3. The van der Waals surface area contributed by atoms with Crippen molar-refractivity contribution in [3.8, 4) is 0 Å². The lowest BCUT2D eigenvalue weighted by Crippen LogP contribution is -2.16. The Bertz CT molecular complexity index is 279. The Hall–Kier alpha value is -0.380. The summed E-state index contributed by atoms with van der Waals surface area (Å²) in [6, 6.07) is 5.53. The molecule has 1 aromatic heterocycles. The summed E-state index contributed by atoms with van der Waals surface area (Å²) in [6.45, 7) is 0.683. The van der Waals surface area contributed by atoms with Crippen molar-refractivity contribution in [3.63, 3.8) is 0 Å². The number of hydrogen-bond donors (Lipinski definition) is 1. The quantitative estimate of drug-likeness (QED) is 0.819. The fourth-order valence-corrected chi connectivity index (χ4v) is 1.09. The number of nitrogens with one attached hydrogen (secondary N) is 1. The maximum absolute atomic E-state index is 12.6. The van der Waals surface area contributed by atoms with Crippen LogP contribution in [0.5, 0.6) is 0 Å². The standard InChI is InChI=1S/C9H11FN2.2ClH/c10-9-3-1-2-8(12-9)6-11-7-4-5-7;;/h1-3,7,11H,4-6H2;2*1H. The van der Waals surface area contributed by atoms with Crippen LogP contribution >= 0.6 is 24.8 Å². The molecule has 1 N–H and O–H groups in total. The van der Waals surface area contributed by atoms with Crippen molar-refractivity contribution in [2.24, 2.45) is 0 Å². The average Bonchev–Trinajstić information content (AvgIpc) is 2.84. The first kappa shape index (κ1) is 13.6. The molecule has 0 saturated heterocycles. The van der Waals surface area contributed by atoms with Crippen LogP contribution in [0.25, 0.3) is 0 Å². The van der Waals surface area contributed by atoms with Gasteiger partial charge in [-0.3, -0.25) is 0 Å². The van der Waals surface area contributed by atoms with Gasteiger partial charge in [0.1, 0.15) is 0 Å². The van der Waals surface area contributed by atoms with Crippen LogP contribution in [0.2, 0.25) is 0 Å². The summed E-state index contributed by atoms with van der Waals surface area (Å²) in [6.07, 6.45) is 2.49. The van der Waals surface area contributed by atoms with Crippen molar-refractivity contribution < 1.29 is 4.39 Å². The van der Waals surface area contributed by atoms with E-state index in [1.54, 1.807) is 6.07 Å². The second kappa shape index (κ2) is 6.17. The van der Waals surface area contributed by atoms with E-state index in [4.69, 9.17) is 0 Å². The molecule has 0 radical (unpaired) electrons. The Morgan fingerprint density at radius 2 is 2.07 bits per heavy atom. The normalized spacial score (nSPS) is 14.1. The molecule has 1 aromatic rings. The highest BCUT2D eigenvalue weighted by Gasteiger charge is 2.19.